The summed E-state index contributed by atoms with van der Waals surface area (Å²) in [5.74, 6) is -0.277. The Hall–Kier alpha value is -1.89. The van der Waals surface area contributed by atoms with Crippen molar-refractivity contribution in [3.63, 3.8) is 0 Å². The minimum Gasteiger partial charge on any atom is -0.360 e. The van der Waals surface area contributed by atoms with Crippen LogP contribution in [-0.2, 0) is 16.4 Å². The second-order valence-corrected chi connectivity index (χ2v) is 6.45. The highest BCUT2D eigenvalue weighted by Crippen LogP contribution is 2.20. The summed E-state index contributed by atoms with van der Waals surface area (Å²) in [6, 6.07) is 5.58. The van der Waals surface area contributed by atoms with E-state index < -0.39 is 20.7 Å². The molecular weight excluding hydrogens is 295 g/mol. The summed E-state index contributed by atoms with van der Waals surface area (Å²) in [4.78, 5) is -0.400. The highest BCUT2D eigenvalue weighted by atomic mass is 32.2. The van der Waals surface area contributed by atoms with E-state index in [-0.39, 0.29) is 5.82 Å². The molecule has 0 saturated heterocycles. The first kappa shape index (κ1) is 15.5. The van der Waals surface area contributed by atoms with Gasteiger partial charge >= 0.3 is 0 Å². The van der Waals surface area contributed by atoms with Gasteiger partial charge < -0.3 is 4.52 Å². The van der Waals surface area contributed by atoms with Crippen LogP contribution < -0.4 is 4.72 Å². The molecule has 0 fully saturated rings. The summed E-state index contributed by atoms with van der Waals surface area (Å²) in [6.45, 7) is 3.67. The molecule has 0 saturated carbocycles. The van der Waals surface area contributed by atoms with E-state index in [1.54, 1.807) is 13.0 Å². The fourth-order valence-electron chi connectivity index (χ4n) is 1.91. The number of hydrogen-bond donors (Lipinski definition) is 1. The molecule has 5 nitrogen and oxygen atoms in total. The molecular formula is C14H17FN2O3S. The zero-order valence-electron chi connectivity index (χ0n) is 11.9. The third-order valence-corrected chi connectivity index (χ3v) is 4.36. The SMILES string of the molecule is CCCCc1ccc(S(=O)(=O)Nc2cc(C)on2)c(F)c1. The molecule has 0 aliphatic rings. The van der Waals surface area contributed by atoms with Crippen molar-refractivity contribution in [1.82, 2.24) is 5.16 Å². The van der Waals surface area contributed by atoms with Crippen molar-refractivity contribution < 1.29 is 17.3 Å². The number of anilines is 1. The Morgan fingerprint density at radius 2 is 2.10 bits per heavy atom. The zero-order valence-corrected chi connectivity index (χ0v) is 12.7. The van der Waals surface area contributed by atoms with Gasteiger partial charge in [0, 0.05) is 6.07 Å². The quantitative estimate of drug-likeness (QED) is 0.888. The summed E-state index contributed by atoms with van der Waals surface area (Å²) >= 11 is 0. The van der Waals surface area contributed by atoms with Gasteiger partial charge in [0.25, 0.3) is 10.0 Å². The number of aromatic nitrogens is 1. The summed E-state index contributed by atoms with van der Waals surface area (Å²) in [7, 11) is -4.02. The number of halogens is 1. The van der Waals surface area contributed by atoms with Crippen molar-refractivity contribution in [3.05, 3.63) is 41.4 Å². The van der Waals surface area contributed by atoms with E-state index in [0.29, 0.717) is 5.76 Å². The number of nitrogens with zero attached hydrogens (tertiary/aromatic N) is 1. The number of rotatable bonds is 6. The Balaban J connectivity index is 2.23. The van der Waals surface area contributed by atoms with Gasteiger partial charge in [0.1, 0.15) is 16.5 Å². The molecule has 1 heterocycles. The van der Waals surface area contributed by atoms with E-state index in [0.717, 1.165) is 24.8 Å². The predicted octanol–water partition coefficient (Wildman–Crippen LogP) is 3.27. The van der Waals surface area contributed by atoms with Crippen LogP contribution in [0.15, 0.2) is 33.7 Å². The Bertz CT molecular complexity index is 726. The summed E-state index contributed by atoms with van der Waals surface area (Å²) in [6.07, 6.45) is 2.65. The normalized spacial score (nSPS) is 11.6. The van der Waals surface area contributed by atoms with Gasteiger partial charge in [-0.15, -0.1) is 0 Å². The highest BCUT2D eigenvalue weighted by Gasteiger charge is 2.20. The number of hydrogen-bond acceptors (Lipinski definition) is 4. The summed E-state index contributed by atoms with van der Waals surface area (Å²) in [5.41, 5.74) is 0.783. The molecule has 114 valence electrons. The first-order chi connectivity index (χ1) is 9.92. The van der Waals surface area contributed by atoms with Crippen molar-refractivity contribution in [3.8, 4) is 0 Å². The van der Waals surface area contributed by atoms with Crippen LogP contribution in [0.1, 0.15) is 31.1 Å². The summed E-state index contributed by atoms with van der Waals surface area (Å²) in [5, 5.41) is 3.53. The van der Waals surface area contributed by atoms with Crippen LogP contribution in [0.25, 0.3) is 0 Å². The van der Waals surface area contributed by atoms with Crippen LogP contribution in [0.3, 0.4) is 0 Å². The molecule has 21 heavy (non-hydrogen) atoms. The molecule has 2 aromatic rings. The second kappa shape index (κ2) is 6.26. The van der Waals surface area contributed by atoms with Crippen LogP contribution in [0, 0.1) is 12.7 Å². The summed E-state index contributed by atoms with van der Waals surface area (Å²) < 4.78 is 45.2. The molecule has 0 spiro atoms. The Labute approximate surface area is 123 Å². The van der Waals surface area contributed by atoms with E-state index in [2.05, 4.69) is 9.88 Å². The third kappa shape index (κ3) is 3.81. The van der Waals surface area contributed by atoms with E-state index in [9.17, 15) is 12.8 Å². The third-order valence-electron chi connectivity index (χ3n) is 2.97. The minimum absolute atomic E-state index is 0.0296. The first-order valence-corrected chi connectivity index (χ1v) is 8.15. The minimum atomic E-state index is -4.02. The Kier molecular flexibility index (Phi) is 4.62. The van der Waals surface area contributed by atoms with Crippen LogP contribution in [0.2, 0.25) is 0 Å². The monoisotopic (exact) mass is 312 g/mol. The van der Waals surface area contributed by atoms with Crippen molar-refractivity contribution >= 4 is 15.8 Å². The van der Waals surface area contributed by atoms with Gasteiger partial charge in [0.15, 0.2) is 5.82 Å². The molecule has 0 unspecified atom stereocenters. The zero-order chi connectivity index (χ0) is 15.5. The molecule has 0 bridgehead atoms. The number of aryl methyl sites for hydroxylation is 2. The number of benzene rings is 1. The molecule has 0 aliphatic heterocycles. The Morgan fingerprint density at radius 3 is 2.67 bits per heavy atom. The van der Waals surface area contributed by atoms with Gasteiger partial charge in [-0.1, -0.05) is 24.6 Å². The molecule has 0 radical (unpaired) electrons. The highest BCUT2D eigenvalue weighted by molar-refractivity contribution is 7.92. The topological polar surface area (TPSA) is 72.2 Å². The lowest BCUT2D eigenvalue weighted by Gasteiger charge is -2.07. The largest absolute Gasteiger partial charge is 0.360 e. The van der Waals surface area contributed by atoms with E-state index in [1.165, 1.54) is 18.2 Å². The number of nitrogens with one attached hydrogen (secondary N) is 1. The smallest absolute Gasteiger partial charge is 0.266 e. The van der Waals surface area contributed by atoms with Crippen LogP contribution in [0.4, 0.5) is 10.2 Å². The standard InChI is InChI=1S/C14H17FN2O3S/c1-3-4-5-11-6-7-13(12(15)9-11)21(18,19)17-14-8-10(2)20-16-14/h6-9H,3-5H2,1-2H3,(H,16,17). The average molecular weight is 312 g/mol. The number of unbranched alkanes of at least 4 members (excludes halogenated alkanes) is 1. The number of sulfonamides is 1. The lowest BCUT2D eigenvalue weighted by Crippen LogP contribution is -2.15. The predicted molar refractivity (Wildman–Crippen MR) is 77.1 cm³/mol. The lowest BCUT2D eigenvalue weighted by molar-refractivity contribution is 0.400. The molecule has 1 aromatic heterocycles. The van der Waals surface area contributed by atoms with E-state index in [4.69, 9.17) is 4.52 Å². The van der Waals surface area contributed by atoms with Gasteiger partial charge in [-0.25, -0.2) is 12.8 Å². The van der Waals surface area contributed by atoms with E-state index >= 15 is 0 Å². The molecule has 1 aromatic carbocycles. The second-order valence-electron chi connectivity index (χ2n) is 4.80. The molecule has 0 aliphatic carbocycles. The van der Waals surface area contributed by atoms with Crippen molar-refractivity contribution in [2.45, 2.75) is 38.0 Å². The molecule has 1 N–H and O–H groups in total. The maximum atomic E-state index is 14.0. The van der Waals surface area contributed by atoms with Crippen LogP contribution >= 0.6 is 0 Å². The molecule has 2 rings (SSSR count). The maximum Gasteiger partial charge on any atom is 0.266 e. The van der Waals surface area contributed by atoms with Crippen molar-refractivity contribution in [1.29, 1.82) is 0 Å². The molecule has 7 heteroatoms. The van der Waals surface area contributed by atoms with Crippen molar-refractivity contribution in [2.75, 3.05) is 4.72 Å². The van der Waals surface area contributed by atoms with Gasteiger partial charge in [-0.05, 0) is 37.5 Å². The fraction of sp³-hybridized carbons (Fsp3) is 0.357. The lowest BCUT2D eigenvalue weighted by atomic mass is 10.1. The van der Waals surface area contributed by atoms with Gasteiger partial charge in [0.2, 0.25) is 0 Å². The Morgan fingerprint density at radius 1 is 1.33 bits per heavy atom. The van der Waals surface area contributed by atoms with Gasteiger partial charge in [-0.3, -0.25) is 4.72 Å². The average Bonchev–Trinajstić information content (AvgIpc) is 2.80. The van der Waals surface area contributed by atoms with Gasteiger partial charge in [0.05, 0.1) is 0 Å². The van der Waals surface area contributed by atoms with E-state index in [1.807, 2.05) is 6.92 Å². The first-order valence-electron chi connectivity index (χ1n) is 6.67. The fourth-order valence-corrected chi connectivity index (χ4v) is 2.95. The molecule has 0 atom stereocenters. The van der Waals surface area contributed by atoms with Gasteiger partial charge in [-0.2, -0.15) is 0 Å². The van der Waals surface area contributed by atoms with Crippen LogP contribution in [-0.4, -0.2) is 13.6 Å². The molecule has 0 amide bonds. The van der Waals surface area contributed by atoms with Crippen LogP contribution in [0.5, 0.6) is 0 Å². The maximum absolute atomic E-state index is 14.0. The van der Waals surface area contributed by atoms with Crippen molar-refractivity contribution in [2.24, 2.45) is 0 Å².